The number of ketones is 1. The van der Waals surface area contributed by atoms with Crippen molar-refractivity contribution in [2.75, 3.05) is 6.61 Å². The number of benzene rings is 2. The number of hydrogen-bond acceptors (Lipinski definition) is 5. The second-order valence-corrected chi connectivity index (χ2v) is 6.98. The van der Waals surface area contributed by atoms with Gasteiger partial charge in [-0.3, -0.25) is 15.0 Å². The van der Waals surface area contributed by atoms with Crippen LogP contribution in [0.2, 0.25) is 0 Å². The second kappa shape index (κ2) is 7.66. The summed E-state index contributed by atoms with van der Waals surface area (Å²) in [4.78, 5) is 25.5. The molecule has 4 nitrogen and oxygen atoms in total. The molecule has 0 aromatic heterocycles. The number of nitrogens with one attached hydrogen (secondary N) is 1. The average molecular weight is 353 g/mol. The standard InChI is InChI=1S/C20H19NO3S/c1-2-24-20(23)16-15(13-9-5-3-6-10-13)18(25-19(16)21)17(22)14-11-7-4-8-12-14/h3-12,15-16,18,21H,2H2,1H3/t15-,16+,18-/m0/s1. The molecular weight excluding hydrogens is 334 g/mol. The minimum absolute atomic E-state index is 0.0593. The van der Waals surface area contributed by atoms with Crippen molar-refractivity contribution in [1.29, 1.82) is 5.41 Å². The van der Waals surface area contributed by atoms with Crippen LogP contribution in [0.5, 0.6) is 0 Å². The van der Waals surface area contributed by atoms with E-state index in [0.717, 1.165) is 5.56 Å². The van der Waals surface area contributed by atoms with E-state index in [0.29, 0.717) is 5.56 Å². The molecule has 0 aliphatic carbocycles. The molecule has 0 saturated carbocycles. The fraction of sp³-hybridized carbons (Fsp3) is 0.250. The largest absolute Gasteiger partial charge is 0.465 e. The van der Waals surface area contributed by atoms with Gasteiger partial charge in [-0.2, -0.15) is 0 Å². The summed E-state index contributed by atoms with van der Waals surface area (Å²) in [5.41, 5.74) is 1.47. The highest BCUT2D eigenvalue weighted by atomic mass is 32.2. The Balaban J connectivity index is 2.01. The van der Waals surface area contributed by atoms with Crippen molar-refractivity contribution in [2.45, 2.75) is 18.1 Å². The summed E-state index contributed by atoms with van der Waals surface area (Å²) in [7, 11) is 0. The summed E-state index contributed by atoms with van der Waals surface area (Å²) >= 11 is 1.17. The molecule has 3 atom stereocenters. The molecule has 0 amide bonds. The van der Waals surface area contributed by atoms with Gasteiger partial charge in [0.15, 0.2) is 5.78 Å². The minimum atomic E-state index is -0.731. The van der Waals surface area contributed by atoms with Gasteiger partial charge in [0.25, 0.3) is 0 Å². The molecule has 0 radical (unpaired) electrons. The first kappa shape index (κ1) is 17.4. The third kappa shape index (κ3) is 3.51. The fourth-order valence-electron chi connectivity index (χ4n) is 3.13. The summed E-state index contributed by atoms with van der Waals surface area (Å²) in [6.07, 6.45) is 0. The van der Waals surface area contributed by atoms with Crippen LogP contribution in [0.3, 0.4) is 0 Å². The number of carbonyl (C=O) groups is 2. The predicted molar refractivity (Wildman–Crippen MR) is 99.2 cm³/mol. The van der Waals surface area contributed by atoms with Gasteiger partial charge in [0.2, 0.25) is 0 Å². The molecule has 1 aliphatic rings. The van der Waals surface area contributed by atoms with Crippen LogP contribution in [0.4, 0.5) is 0 Å². The number of carbonyl (C=O) groups excluding carboxylic acids is 2. The van der Waals surface area contributed by atoms with E-state index in [1.54, 1.807) is 19.1 Å². The summed E-state index contributed by atoms with van der Waals surface area (Å²) in [6.45, 7) is 2.00. The molecule has 3 rings (SSSR count). The molecule has 1 N–H and O–H groups in total. The second-order valence-electron chi connectivity index (χ2n) is 5.80. The highest BCUT2D eigenvalue weighted by Crippen LogP contribution is 2.47. The molecule has 1 aliphatic heterocycles. The van der Waals surface area contributed by atoms with Crippen LogP contribution in [0.15, 0.2) is 60.7 Å². The summed E-state index contributed by atoms with van der Waals surface area (Å²) in [5, 5.41) is 7.98. The third-order valence-electron chi connectivity index (χ3n) is 4.26. The number of ether oxygens (including phenoxy) is 1. The summed E-state index contributed by atoms with van der Waals surface area (Å²) in [6, 6.07) is 18.5. The van der Waals surface area contributed by atoms with Crippen LogP contribution in [-0.4, -0.2) is 28.7 Å². The lowest BCUT2D eigenvalue weighted by Gasteiger charge is -2.22. The molecule has 0 spiro atoms. The van der Waals surface area contributed by atoms with E-state index in [1.165, 1.54) is 11.8 Å². The van der Waals surface area contributed by atoms with Gasteiger partial charge in [-0.1, -0.05) is 72.4 Å². The molecule has 0 bridgehead atoms. The number of rotatable bonds is 5. The van der Waals surface area contributed by atoms with Gasteiger partial charge in [-0.05, 0) is 12.5 Å². The lowest BCUT2D eigenvalue weighted by atomic mass is 9.82. The van der Waals surface area contributed by atoms with E-state index in [4.69, 9.17) is 10.1 Å². The molecule has 0 unspecified atom stereocenters. The van der Waals surface area contributed by atoms with Gasteiger partial charge in [-0.15, -0.1) is 0 Å². The number of esters is 1. The zero-order valence-corrected chi connectivity index (χ0v) is 14.7. The van der Waals surface area contributed by atoms with Crippen molar-refractivity contribution in [3.8, 4) is 0 Å². The zero-order valence-electron chi connectivity index (χ0n) is 13.8. The smallest absolute Gasteiger partial charge is 0.316 e. The highest BCUT2D eigenvalue weighted by molar-refractivity contribution is 8.15. The van der Waals surface area contributed by atoms with Gasteiger partial charge in [-0.25, -0.2) is 0 Å². The van der Waals surface area contributed by atoms with Crippen LogP contribution in [0, 0.1) is 11.3 Å². The molecule has 128 valence electrons. The lowest BCUT2D eigenvalue weighted by molar-refractivity contribution is -0.145. The van der Waals surface area contributed by atoms with E-state index in [-0.39, 0.29) is 17.4 Å². The topological polar surface area (TPSA) is 67.2 Å². The van der Waals surface area contributed by atoms with Gasteiger partial charge in [0.05, 0.1) is 16.9 Å². The number of hydrogen-bond donors (Lipinski definition) is 1. The van der Waals surface area contributed by atoms with Gasteiger partial charge >= 0.3 is 5.97 Å². The SMILES string of the molecule is CCOC(=O)[C@H]1C(=N)S[C@H](C(=O)c2ccccc2)[C@H]1c1ccccc1. The molecule has 25 heavy (non-hydrogen) atoms. The maximum atomic E-state index is 13.0. The van der Waals surface area contributed by atoms with Crippen molar-refractivity contribution in [2.24, 2.45) is 5.92 Å². The zero-order chi connectivity index (χ0) is 17.8. The van der Waals surface area contributed by atoms with Crippen LogP contribution < -0.4 is 0 Å². The Bertz CT molecular complexity index is 776. The van der Waals surface area contributed by atoms with Crippen molar-refractivity contribution < 1.29 is 14.3 Å². The van der Waals surface area contributed by atoms with Crippen LogP contribution in [-0.2, 0) is 9.53 Å². The maximum Gasteiger partial charge on any atom is 0.316 e. The molecule has 5 heteroatoms. The molecule has 1 saturated heterocycles. The molecule has 2 aromatic carbocycles. The fourth-order valence-corrected chi connectivity index (χ4v) is 4.50. The van der Waals surface area contributed by atoms with E-state index in [9.17, 15) is 9.59 Å². The Morgan fingerprint density at radius 3 is 2.24 bits per heavy atom. The minimum Gasteiger partial charge on any atom is -0.465 e. The van der Waals surface area contributed by atoms with Gasteiger partial charge in [0, 0.05) is 11.5 Å². The summed E-state index contributed by atoms with van der Waals surface area (Å²) in [5.74, 6) is -1.62. The van der Waals surface area contributed by atoms with E-state index >= 15 is 0 Å². The van der Waals surface area contributed by atoms with Crippen LogP contribution in [0.25, 0.3) is 0 Å². The monoisotopic (exact) mass is 353 g/mol. The Hall–Kier alpha value is -2.40. The number of Topliss-reactive ketones (excluding diaryl/α,β-unsaturated/α-hetero) is 1. The quantitative estimate of drug-likeness (QED) is 0.653. The normalized spacial score (nSPS) is 22.6. The maximum absolute atomic E-state index is 13.0. The molecular formula is C20H19NO3S. The molecule has 2 aromatic rings. The first-order valence-electron chi connectivity index (χ1n) is 8.19. The lowest BCUT2D eigenvalue weighted by Crippen LogP contribution is -2.30. The third-order valence-corrected chi connectivity index (χ3v) is 5.53. The molecule has 1 fully saturated rings. The Kier molecular flexibility index (Phi) is 5.34. The Labute approximate surface area is 151 Å². The van der Waals surface area contributed by atoms with Crippen molar-refractivity contribution in [3.05, 3.63) is 71.8 Å². The van der Waals surface area contributed by atoms with E-state index in [1.807, 2.05) is 48.5 Å². The number of thioether (sulfide) groups is 1. The first-order chi connectivity index (χ1) is 12.1. The van der Waals surface area contributed by atoms with Crippen LogP contribution in [0.1, 0.15) is 28.8 Å². The average Bonchev–Trinajstić information content (AvgIpc) is 3.00. The Morgan fingerprint density at radius 1 is 1.04 bits per heavy atom. The Morgan fingerprint density at radius 2 is 1.64 bits per heavy atom. The predicted octanol–water partition coefficient (Wildman–Crippen LogP) is 3.93. The molecule has 1 heterocycles. The van der Waals surface area contributed by atoms with Gasteiger partial charge < -0.3 is 4.74 Å². The summed E-state index contributed by atoms with van der Waals surface area (Å²) < 4.78 is 5.18. The van der Waals surface area contributed by atoms with Gasteiger partial charge in [0.1, 0.15) is 5.92 Å². The van der Waals surface area contributed by atoms with E-state index < -0.39 is 23.1 Å². The van der Waals surface area contributed by atoms with E-state index in [2.05, 4.69) is 0 Å². The van der Waals surface area contributed by atoms with Crippen molar-refractivity contribution >= 4 is 28.6 Å². The van der Waals surface area contributed by atoms with Crippen molar-refractivity contribution in [3.63, 3.8) is 0 Å². The first-order valence-corrected chi connectivity index (χ1v) is 9.07. The highest BCUT2D eigenvalue weighted by Gasteiger charge is 2.49. The van der Waals surface area contributed by atoms with Crippen LogP contribution >= 0.6 is 11.8 Å². The van der Waals surface area contributed by atoms with Crippen molar-refractivity contribution in [1.82, 2.24) is 0 Å².